The second-order valence-corrected chi connectivity index (χ2v) is 15.3. The Hall–Kier alpha value is -3.68. The van der Waals surface area contributed by atoms with Crippen LogP contribution in [0.25, 0.3) is 0 Å². The Morgan fingerprint density at radius 1 is 1.08 bits per heavy atom. The van der Waals surface area contributed by atoms with Crippen molar-refractivity contribution in [2.75, 3.05) is 20.4 Å². The first-order chi connectivity index (χ1) is 24.7. The molecule has 0 bridgehead atoms. The third kappa shape index (κ3) is 12.8. The van der Waals surface area contributed by atoms with E-state index in [2.05, 4.69) is 15.6 Å². The number of hydrogen-bond donors (Lipinski definition) is 3. The van der Waals surface area contributed by atoms with Gasteiger partial charge < -0.3 is 30.1 Å². The lowest BCUT2D eigenvalue weighted by molar-refractivity contribution is -0.156. The molecule has 2 aromatic rings. The van der Waals surface area contributed by atoms with Crippen molar-refractivity contribution < 1.29 is 38.6 Å². The van der Waals surface area contributed by atoms with Crippen LogP contribution in [-0.4, -0.2) is 83.0 Å². The molecule has 0 spiro atoms. The first kappa shape index (κ1) is 42.7. The van der Waals surface area contributed by atoms with Crippen molar-refractivity contribution in [3.8, 4) is 0 Å². The van der Waals surface area contributed by atoms with Gasteiger partial charge in [0.1, 0.15) is 10.7 Å². The van der Waals surface area contributed by atoms with E-state index in [-0.39, 0.29) is 60.6 Å². The standard InChI is InChI=1S/C39H58N4O8S/c1-8-25(4)30(20-34(46)31-16-12-13-17-40-31)38(48)43(7)33(24(2)3)21-35(51-27(6)45)37-42-32(22-52-37)36(47)41-29(18-26(5)39(49)50-23-44)19-28-14-10-9-11-15-28/h9-11,14-15,22,24-26,29-31,33,35,40,44H,8,12-13,16-21,23H2,1-7H3,(H,41,47)/t25-,26-,29+,30-,31+,33+,35+/m0/s1. The van der Waals surface area contributed by atoms with E-state index in [4.69, 9.17) is 14.6 Å². The number of hydrogen-bond acceptors (Lipinski definition) is 11. The van der Waals surface area contributed by atoms with Crippen molar-refractivity contribution in [1.82, 2.24) is 20.5 Å². The fraction of sp³-hybridized carbons (Fsp3) is 0.641. The summed E-state index contributed by atoms with van der Waals surface area (Å²) in [5, 5.41) is 17.4. The Labute approximate surface area is 312 Å². The third-order valence-electron chi connectivity index (χ3n) is 10.1. The first-order valence-corrected chi connectivity index (χ1v) is 19.4. The van der Waals surface area contributed by atoms with Gasteiger partial charge in [0.15, 0.2) is 18.7 Å². The minimum Gasteiger partial charge on any atom is -0.455 e. The van der Waals surface area contributed by atoms with Gasteiger partial charge in [-0.2, -0.15) is 0 Å². The lowest BCUT2D eigenvalue weighted by atomic mass is 9.83. The maximum atomic E-state index is 14.2. The van der Waals surface area contributed by atoms with Crippen LogP contribution >= 0.6 is 11.3 Å². The van der Waals surface area contributed by atoms with Crippen LogP contribution in [0, 0.1) is 23.7 Å². The lowest BCUT2D eigenvalue weighted by Gasteiger charge is -2.37. The zero-order valence-corrected chi connectivity index (χ0v) is 32.6. The van der Waals surface area contributed by atoms with Crippen molar-refractivity contribution in [3.63, 3.8) is 0 Å². The minimum atomic E-state index is -0.824. The Morgan fingerprint density at radius 2 is 1.79 bits per heavy atom. The van der Waals surface area contributed by atoms with Gasteiger partial charge in [-0.15, -0.1) is 11.3 Å². The largest absolute Gasteiger partial charge is 0.455 e. The van der Waals surface area contributed by atoms with Crippen molar-refractivity contribution in [3.05, 3.63) is 52.0 Å². The Morgan fingerprint density at radius 3 is 2.38 bits per heavy atom. The number of aromatic nitrogens is 1. The average molecular weight is 743 g/mol. The quantitative estimate of drug-likeness (QED) is 0.121. The van der Waals surface area contributed by atoms with Gasteiger partial charge in [-0.1, -0.05) is 77.8 Å². The monoisotopic (exact) mass is 742 g/mol. The summed E-state index contributed by atoms with van der Waals surface area (Å²) in [5.41, 5.74) is 1.10. The van der Waals surface area contributed by atoms with Crippen LogP contribution in [-0.2, 0) is 35.1 Å². The summed E-state index contributed by atoms with van der Waals surface area (Å²) in [6, 6.07) is 8.53. The van der Waals surface area contributed by atoms with Crippen LogP contribution in [0.15, 0.2) is 35.7 Å². The molecule has 12 nitrogen and oxygen atoms in total. The van der Waals surface area contributed by atoms with Crippen molar-refractivity contribution in [1.29, 1.82) is 0 Å². The predicted molar refractivity (Wildman–Crippen MR) is 199 cm³/mol. The van der Waals surface area contributed by atoms with E-state index in [1.807, 2.05) is 58.0 Å². The second kappa shape index (κ2) is 21.1. The van der Waals surface area contributed by atoms with Crippen LogP contribution in [0.1, 0.15) is 114 Å². The minimum absolute atomic E-state index is 0.00590. The number of piperidine rings is 1. The van der Waals surface area contributed by atoms with E-state index in [1.165, 1.54) is 18.3 Å². The summed E-state index contributed by atoms with van der Waals surface area (Å²) < 4.78 is 10.5. The summed E-state index contributed by atoms with van der Waals surface area (Å²) >= 11 is 1.19. The zero-order chi connectivity index (χ0) is 38.4. The highest BCUT2D eigenvalue weighted by Crippen LogP contribution is 2.32. The number of Topliss-reactive ketones (excluding diaryl/α,β-unsaturated/α-hetero) is 1. The number of nitrogens with zero attached hydrogens (tertiary/aromatic N) is 2. The number of benzene rings is 1. The number of aliphatic hydroxyl groups is 1. The topological polar surface area (TPSA) is 164 Å². The van der Waals surface area contributed by atoms with E-state index in [1.54, 1.807) is 24.3 Å². The number of ether oxygens (including phenoxy) is 2. The van der Waals surface area contributed by atoms with E-state index in [0.717, 1.165) is 37.8 Å². The summed E-state index contributed by atoms with van der Waals surface area (Å²) in [5.74, 6) is -2.67. The van der Waals surface area contributed by atoms with Gasteiger partial charge in [-0.25, -0.2) is 4.98 Å². The molecule has 0 unspecified atom stereocenters. The molecule has 3 N–H and O–H groups in total. The molecule has 0 aliphatic carbocycles. The number of rotatable bonds is 20. The molecule has 1 aromatic carbocycles. The summed E-state index contributed by atoms with van der Waals surface area (Å²) in [4.78, 5) is 72.0. The average Bonchev–Trinajstić information content (AvgIpc) is 3.62. The molecule has 0 saturated carbocycles. The number of thiazole rings is 1. The number of nitrogens with one attached hydrogen (secondary N) is 2. The molecule has 1 fully saturated rings. The number of esters is 2. The molecule has 52 heavy (non-hydrogen) atoms. The molecule has 13 heteroatoms. The number of aliphatic hydroxyl groups excluding tert-OH is 1. The van der Waals surface area contributed by atoms with Crippen LogP contribution < -0.4 is 10.6 Å². The fourth-order valence-electron chi connectivity index (χ4n) is 6.84. The molecule has 288 valence electrons. The molecule has 7 atom stereocenters. The molecular formula is C39H58N4O8S. The zero-order valence-electron chi connectivity index (χ0n) is 31.8. The molecule has 2 heterocycles. The molecule has 0 radical (unpaired) electrons. The Kier molecular flexibility index (Phi) is 17.4. The van der Waals surface area contributed by atoms with Crippen molar-refractivity contribution in [2.24, 2.45) is 23.7 Å². The summed E-state index contributed by atoms with van der Waals surface area (Å²) in [7, 11) is 1.75. The van der Waals surface area contributed by atoms with Gasteiger partial charge in [0.05, 0.1) is 12.0 Å². The smallest absolute Gasteiger partial charge is 0.310 e. The van der Waals surface area contributed by atoms with Crippen LogP contribution in [0.5, 0.6) is 0 Å². The van der Waals surface area contributed by atoms with Gasteiger partial charge in [0, 0.05) is 50.2 Å². The highest BCUT2D eigenvalue weighted by molar-refractivity contribution is 7.09. The molecular weight excluding hydrogens is 685 g/mol. The Bertz CT molecular complexity index is 1460. The van der Waals surface area contributed by atoms with E-state index >= 15 is 0 Å². The predicted octanol–water partition coefficient (Wildman–Crippen LogP) is 5.24. The van der Waals surface area contributed by atoms with E-state index < -0.39 is 48.6 Å². The lowest BCUT2D eigenvalue weighted by Crippen LogP contribution is -2.48. The van der Waals surface area contributed by atoms with Crippen LogP contribution in [0.4, 0.5) is 0 Å². The second-order valence-electron chi connectivity index (χ2n) is 14.4. The summed E-state index contributed by atoms with van der Waals surface area (Å²) in [6.45, 7) is 11.1. The van der Waals surface area contributed by atoms with Gasteiger partial charge in [-0.05, 0) is 49.6 Å². The maximum Gasteiger partial charge on any atom is 0.310 e. The van der Waals surface area contributed by atoms with Gasteiger partial charge in [-0.3, -0.25) is 24.0 Å². The summed E-state index contributed by atoms with van der Waals surface area (Å²) in [6.07, 6.45) is 3.89. The van der Waals surface area contributed by atoms with Crippen molar-refractivity contribution >= 4 is 40.9 Å². The fourth-order valence-corrected chi connectivity index (χ4v) is 7.68. The van der Waals surface area contributed by atoms with Gasteiger partial charge >= 0.3 is 11.9 Å². The number of amides is 2. The molecule has 1 aliphatic rings. The molecule has 1 saturated heterocycles. The van der Waals surface area contributed by atoms with Crippen LogP contribution in [0.2, 0.25) is 0 Å². The Balaban J connectivity index is 1.80. The van der Waals surface area contributed by atoms with E-state index in [0.29, 0.717) is 11.4 Å². The number of carbonyl (C=O) groups excluding carboxylic acids is 5. The third-order valence-corrected chi connectivity index (χ3v) is 11.0. The van der Waals surface area contributed by atoms with E-state index in [9.17, 15) is 24.0 Å². The van der Waals surface area contributed by atoms with Gasteiger partial charge in [0.25, 0.3) is 5.91 Å². The maximum absolute atomic E-state index is 14.2. The molecule has 2 amide bonds. The highest BCUT2D eigenvalue weighted by Gasteiger charge is 2.37. The van der Waals surface area contributed by atoms with Crippen LogP contribution in [0.3, 0.4) is 0 Å². The molecule has 1 aliphatic heterocycles. The number of carbonyl (C=O) groups is 5. The first-order valence-electron chi connectivity index (χ1n) is 18.5. The van der Waals surface area contributed by atoms with Gasteiger partial charge in [0.2, 0.25) is 5.91 Å². The molecule has 3 rings (SSSR count). The van der Waals surface area contributed by atoms with Crippen molar-refractivity contribution in [2.45, 2.75) is 117 Å². The number of ketones is 1. The molecule has 1 aromatic heterocycles. The highest BCUT2D eigenvalue weighted by atomic mass is 32.1. The SMILES string of the molecule is CC[C@H](C)[C@H](CC(=O)[C@H]1CCCCN1)C(=O)N(C)[C@H](C[C@@H](OC(C)=O)c1nc(C(=O)N[C@@H](Cc2ccccc2)C[C@H](C)C(=O)OCO)cs1)C(C)C. The normalized spacial score (nSPS) is 18.0.